The van der Waals surface area contributed by atoms with Crippen LogP contribution in [0.5, 0.6) is 0 Å². The van der Waals surface area contributed by atoms with Crippen LogP contribution in [0, 0.1) is 17.8 Å². The Morgan fingerprint density at radius 2 is 1.87 bits per heavy atom. The van der Waals surface area contributed by atoms with Crippen molar-refractivity contribution in [2.75, 3.05) is 24.7 Å². The average molecular weight is 533 g/mol. The SMILES string of the molecule is CC(C)[C@H](CO)N1C(=O)[C@@H]2[C@H]3C(=O)OCCC=C[C@H]3S[C@@]23C=CCN(c2ccc4ccccc4c2)C(=O)C13. The number of cyclic esters (lactones) is 1. The van der Waals surface area contributed by atoms with Gasteiger partial charge in [0.05, 0.1) is 35.8 Å². The van der Waals surface area contributed by atoms with Crippen molar-refractivity contribution >= 4 is 46.0 Å². The number of thioether (sulfide) groups is 1. The lowest BCUT2D eigenvalue weighted by molar-refractivity contribution is -0.153. The van der Waals surface area contributed by atoms with E-state index >= 15 is 0 Å². The van der Waals surface area contributed by atoms with Crippen molar-refractivity contribution in [2.24, 2.45) is 17.8 Å². The Bertz CT molecular complexity index is 1360. The van der Waals surface area contributed by atoms with Crippen molar-refractivity contribution in [3.05, 3.63) is 66.8 Å². The first-order valence-corrected chi connectivity index (χ1v) is 14.2. The number of hydrogen-bond acceptors (Lipinski definition) is 6. The highest BCUT2D eigenvalue weighted by Crippen LogP contribution is 2.61. The summed E-state index contributed by atoms with van der Waals surface area (Å²) in [7, 11) is 0. The second-order valence-electron chi connectivity index (χ2n) is 10.8. The number of ether oxygens (including phenoxy) is 1. The first-order chi connectivity index (χ1) is 18.4. The number of esters is 1. The molecule has 2 amide bonds. The number of hydrogen-bond donors (Lipinski definition) is 1. The Balaban J connectivity index is 1.49. The molecule has 4 heterocycles. The van der Waals surface area contributed by atoms with Gasteiger partial charge in [0.1, 0.15) is 6.04 Å². The van der Waals surface area contributed by atoms with Crippen LogP contribution in [0.15, 0.2) is 66.8 Å². The Morgan fingerprint density at radius 1 is 1.08 bits per heavy atom. The van der Waals surface area contributed by atoms with E-state index in [4.69, 9.17) is 4.74 Å². The summed E-state index contributed by atoms with van der Waals surface area (Å²) in [5, 5.41) is 12.2. The highest BCUT2D eigenvalue weighted by atomic mass is 32.2. The summed E-state index contributed by atoms with van der Waals surface area (Å²) >= 11 is 1.52. The maximum Gasteiger partial charge on any atom is 0.311 e. The van der Waals surface area contributed by atoms with Crippen LogP contribution in [0.3, 0.4) is 0 Å². The topological polar surface area (TPSA) is 87.2 Å². The molecule has 8 heteroatoms. The van der Waals surface area contributed by atoms with E-state index in [1.54, 1.807) is 9.80 Å². The van der Waals surface area contributed by atoms with Crippen LogP contribution in [0.25, 0.3) is 10.8 Å². The molecule has 0 aromatic heterocycles. The van der Waals surface area contributed by atoms with Gasteiger partial charge in [-0.15, -0.1) is 11.8 Å². The van der Waals surface area contributed by atoms with Crippen LogP contribution < -0.4 is 4.90 Å². The monoisotopic (exact) mass is 532 g/mol. The Morgan fingerprint density at radius 3 is 2.63 bits per heavy atom. The van der Waals surface area contributed by atoms with Gasteiger partial charge in [-0.05, 0) is 35.2 Å². The number of rotatable bonds is 4. The quantitative estimate of drug-likeness (QED) is 0.479. The van der Waals surface area contributed by atoms with Crippen molar-refractivity contribution in [1.29, 1.82) is 0 Å². The molecule has 2 aromatic carbocycles. The van der Waals surface area contributed by atoms with E-state index in [2.05, 4.69) is 0 Å². The van der Waals surface area contributed by atoms with Gasteiger partial charge in [-0.25, -0.2) is 0 Å². The van der Waals surface area contributed by atoms with Gasteiger partial charge < -0.3 is 19.6 Å². The van der Waals surface area contributed by atoms with Crippen molar-refractivity contribution in [3.63, 3.8) is 0 Å². The van der Waals surface area contributed by atoms with Crippen LogP contribution in [-0.4, -0.2) is 69.6 Å². The van der Waals surface area contributed by atoms with Gasteiger partial charge in [-0.3, -0.25) is 14.4 Å². The molecule has 38 heavy (non-hydrogen) atoms. The fourth-order valence-electron chi connectivity index (χ4n) is 6.60. The molecule has 6 atom stereocenters. The molecule has 1 N–H and O–H groups in total. The van der Waals surface area contributed by atoms with Gasteiger partial charge in [0.15, 0.2) is 0 Å². The van der Waals surface area contributed by atoms with Gasteiger partial charge in [-0.2, -0.15) is 0 Å². The molecule has 0 saturated carbocycles. The Kier molecular flexibility index (Phi) is 6.35. The summed E-state index contributed by atoms with van der Waals surface area (Å²) in [5.41, 5.74) is 0.754. The molecule has 0 bridgehead atoms. The number of nitrogens with zero attached hydrogens (tertiary/aromatic N) is 2. The number of benzene rings is 2. The van der Waals surface area contributed by atoms with Gasteiger partial charge in [0, 0.05) is 17.5 Å². The lowest BCUT2D eigenvalue weighted by atomic mass is 9.78. The highest BCUT2D eigenvalue weighted by Gasteiger charge is 2.72. The first-order valence-electron chi connectivity index (χ1n) is 13.3. The number of fused-ring (bicyclic) bond motifs is 3. The summed E-state index contributed by atoms with van der Waals surface area (Å²) in [6, 6.07) is 12.5. The molecule has 0 aliphatic carbocycles. The van der Waals surface area contributed by atoms with Crippen molar-refractivity contribution in [3.8, 4) is 0 Å². The number of carbonyl (C=O) groups excluding carboxylic acids is 3. The second kappa shape index (κ2) is 9.58. The summed E-state index contributed by atoms with van der Waals surface area (Å²) < 4.78 is 4.61. The number of aliphatic hydroxyl groups is 1. The van der Waals surface area contributed by atoms with Crippen LogP contribution in [0.2, 0.25) is 0 Å². The van der Waals surface area contributed by atoms with Crippen molar-refractivity contribution in [1.82, 2.24) is 4.90 Å². The summed E-state index contributed by atoms with van der Waals surface area (Å²) in [6.07, 6.45) is 8.58. The molecular formula is C30H32N2O5S. The molecule has 0 radical (unpaired) electrons. The van der Waals surface area contributed by atoms with E-state index < -0.39 is 28.7 Å². The van der Waals surface area contributed by atoms with Gasteiger partial charge in [0.2, 0.25) is 5.91 Å². The predicted molar refractivity (Wildman–Crippen MR) is 148 cm³/mol. The molecule has 6 rings (SSSR count). The summed E-state index contributed by atoms with van der Waals surface area (Å²) in [5.74, 6) is -2.36. The van der Waals surface area contributed by atoms with E-state index in [0.29, 0.717) is 13.0 Å². The third kappa shape index (κ3) is 3.72. The van der Waals surface area contributed by atoms with Crippen LogP contribution in [-0.2, 0) is 19.1 Å². The predicted octanol–water partition coefficient (Wildman–Crippen LogP) is 3.56. The molecule has 198 valence electrons. The molecule has 4 aliphatic heterocycles. The van der Waals surface area contributed by atoms with E-state index in [-0.39, 0.29) is 42.2 Å². The van der Waals surface area contributed by atoms with Crippen molar-refractivity contribution < 1.29 is 24.2 Å². The third-order valence-corrected chi connectivity index (χ3v) is 10.2. The lowest BCUT2D eigenvalue weighted by Gasteiger charge is -2.39. The molecule has 2 aromatic rings. The fraction of sp³-hybridized carbons (Fsp3) is 0.433. The summed E-state index contributed by atoms with van der Waals surface area (Å²) in [4.78, 5) is 45.5. The maximum absolute atomic E-state index is 14.6. The third-order valence-electron chi connectivity index (χ3n) is 8.42. The lowest BCUT2D eigenvalue weighted by Crippen LogP contribution is -2.57. The zero-order chi connectivity index (χ0) is 26.6. The Labute approximate surface area is 226 Å². The summed E-state index contributed by atoms with van der Waals surface area (Å²) in [6.45, 7) is 4.25. The molecule has 4 aliphatic rings. The first kappa shape index (κ1) is 25.2. The average Bonchev–Trinajstić information content (AvgIpc) is 3.27. The maximum atomic E-state index is 14.6. The van der Waals surface area contributed by atoms with Gasteiger partial charge in [-0.1, -0.05) is 68.5 Å². The van der Waals surface area contributed by atoms with Crippen LogP contribution >= 0.6 is 11.8 Å². The minimum Gasteiger partial charge on any atom is -0.465 e. The number of likely N-dealkylation sites (tertiary alicyclic amines) is 1. The molecule has 2 saturated heterocycles. The molecule has 1 unspecified atom stereocenters. The fourth-order valence-corrected chi connectivity index (χ4v) is 8.59. The highest BCUT2D eigenvalue weighted by molar-refractivity contribution is 8.02. The van der Waals surface area contributed by atoms with Crippen LogP contribution in [0.4, 0.5) is 5.69 Å². The van der Waals surface area contributed by atoms with E-state index in [1.165, 1.54) is 11.8 Å². The zero-order valence-corrected chi connectivity index (χ0v) is 22.3. The largest absolute Gasteiger partial charge is 0.465 e. The number of carbonyl (C=O) groups is 3. The number of aliphatic hydroxyl groups excluding tert-OH is 1. The molecule has 1 spiro atoms. The second-order valence-corrected chi connectivity index (χ2v) is 12.3. The Hall–Kier alpha value is -3.10. The molecule has 7 nitrogen and oxygen atoms in total. The standard InChI is InChI=1S/C30H32N2O5S/c1-18(2)22(17-33)32-26-28(35)31(21-12-11-19-8-3-4-9-20(19)16-21)14-7-13-30(26)25(27(32)34)24-23(38-30)10-5-6-15-37-29(24)36/h3-5,7-13,16,18,22-26,33H,6,14-15,17H2,1-2H3/t22-,23+,24-,25-,26?,30-/m0/s1. The minimum atomic E-state index is -0.939. The minimum absolute atomic E-state index is 0.0843. The normalized spacial score (nSPS) is 31.5. The van der Waals surface area contributed by atoms with E-state index in [9.17, 15) is 19.5 Å². The van der Waals surface area contributed by atoms with Crippen LogP contribution in [0.1, 0.15) is 20.3 Å². The van der Waals surface area contributed by atoms with Crippen molar-refractivity contribution in [2.45, 2.75) is 42.3 Å². The van der Waals surface area contributed by atoms with E-state index in [1.807, 2.05) is 80.6 Å². The number of anilines is 1. The van der Waals surface area contributed by atoms with Gasteiger partial charge in [0.25, 0.3) is 5.91 Å². The molecule has 2 fully saturated rings. The number of amides is 2. The smallest absolute Gasteiger partial charge is 0.311 e. The van der Waals surface area contributed by atoms with Gasteiger partial charge >= 0.3 is 5.97 Å². The zero-order valence-electron chi connectivity index (χ0n) is 21.5. The van der Waals surface area contributed by atoms with E-state index in [0.717, 1.165) is 16.5 Å². The molecular weight excluding hydrogens is 500 g/mol.